The van der Waals surface area contributed by atoms with E-state index < -0.39 is 9.84 Å². The topological polar surface area (TPSA) is 81.1 Å². The van der Waals surface area contributed by atoms with E-state index in [-0.39, 0.29) is 16.2 Å². The van der Waals surface area contributed by atoms with Gasteiger partial charge in [-0.2, -0.15) is 5.10 Å². The second-order valence-corrected chi connectivity index (χ2v) is 10.2. The quantitative estimate of drug-likeness (QED) is 0.700. The Morgan fingerprint density at radius 3 is 2.24 bits per heavy atom. The highest BCUT2D eigenvalue weighted by Crippen LogP contribution is 2.27. The van der Waals surface area contributed by atoms with E-state index in [1.165, 1.54) is 24.3 Å². The molecule has 0 aliphatic rings. The molecule has 0 saturated heterocycles. The molecule has 1 amide bonds. The van der Waals surface area contributed by atoms with Gasteiger partial charge in [0.25, 0.3) is 5.91 Å². The molecule has 0 atom stereocenters. The monoisotopic (exact) mass is 411 g/mol. The predicted octanol–water partition coefficient (Wildman–Crippen LogP) is 4.13. The highest BCUT2D eigenvalue weighted by Gasteiger charge is 2.22. The first-order valence-electron chi connectivity index (χ1n) is 9.24. The Kier molecular flexibility index (Phi) is 5.36. The summed E-state index contributed by atoms with van der Waals surface area (Å²) in [5, 5.41) is 7.62. The third kappa shape index (κ3) is 4.74. The third-order valence-electron chi connectivity index (χ3n) is 4.51. The minimum Gasteiger partial charge on any atom is -0.306 e. The van der Waals surface area contributed by atoms with Gasteiger partial charge in [-0.3, -0.25) is 4.79 Å². The van der Waals surface area contributed by atoms with Gasteiger partial charge < -0.3 is 5.32 Å². The van der Waals surface area contributed by atoms with Crippen LogP contribution in [0.4, 0.5) is 5.82 Å². The molecule has 0 aliphatic carbocycles. The van der Waals surface area contributed by atoms with Crippen LogP contribution >= 0.6 is 0 Å². The van der Waals surface area contributed by atoms with E-state index in [0.29, 0.717) is 11.4 Å². The summed E-state index contributed by atoms with van der Waals surface area (Å²) in [6.45, 7) is 8.18. The lowest BCUT2D eigenvalue weighted by Crippen LogP contribution is -2.15. The van der Waals surface area contributed by atoms with Crippen molar-refractivity contribution in [3.63, 3.8) is 0 Å². The van der Waals surface area contributed by atoms with E-state index in [2.05, 4.69) is 26.1 Å². The molecule has 1 heterocycles. The Hall–Kier alpha value is -2.93. The molecule has 0 fully saturated rings. The fraction of sp³-hybridized carbons (Fsp3) is 0.273. The molecule has 0 spiro atoms. The molecule has 152 valence electrons. The number of hydrogen-bond donors (Lipinski definition) is 1. The van der Waals surface area contributed by atoms with Gasteiger partial charge >= 0.3 is 0 Å². The first-order chi connectivity index (χ1) is 13.4. The molecule has 1 N–H and O–H groups in total. The normalized spacial score (nSPS) is 12.0. The number of amides is 1. The Balaban J connectivity index is 1.97. The van der Waals surface area contributed by atoms with Gasteiger partial charge in [-0.05, 0) is 48.9 Å². The summed E-state index contributed by atoms with van der Waals surface area (Å²) in [5.41, 5.74) is 2.96. The zero-order chi connectivity index (χ0) is 21.4. The molecule has 1 aromatic heterocycles. The molecule has 6 nitrogen and oxygen atoms in total. The first-order valence-corrected chi connectivity index (χ1v) is 11.1. The summed E-state index contributed by atoms with van der Waals surface area (Å²) >= 11 is 0. The van der Waals surface area contributed by atoms with Crippen molar-refractivity contribution in [2.75, 3.05) is 11.6 Å². The van der Waals surface area contributed by atoms with E-state index in [1.807, 2.05) is 37.3 Å². The number of sulfone groups is 1. The van der Waals surface area contributed by atoms with Crippen LogP contribution in [0.3, 0.4) is 0 Å². The van der Waals surface area contributed by atoms with Crippen molar-refractivity contribution < 1.29 is 13.2 Å². The van der Waals surface area contributed by atoms with Gasteiger partial charge in [-0.15, -0.1) is 0 Å². The van der Waals surface area contributed by atoms with Crippen LogP contribution in [0.1, 0.15) is 42.4 Å². The number of carbonyl (C=O) groups is 1. The molecule has 0 unspecified atom stereocenters. The highest BCUT2D eigenvalue weighted by molar-refractivity contribution is 7.90. The molecular weight excluding hydrogens is 386 g/mol. The van der Waals surface area contributed by atoms with E-state index >= 15 is 0 Å². The second-order valence-electron chi connectivity index (χ2n) is 8.17. The van der Waals surface area contributed by atoms with Crippen molar-refractivity contribution in [1.29, 1.82) is 0 Å². The molecule has 0 bridgehead atoms. The van der Waals surface area contributed by atoms with Crippen LogP contribution in [0.25, 0.3) is 5.69 Å². The average molecular weight is 412 g/mol. The Morgan fingerprint density at radius 2 is 1.69 bits per heavy atom. The van der Waals surface area contributed by atoms with Crippen molar-refractivity contribution in [1.82, 2.24) is 9.78 Å². The number of aromatic nitrogens is 2. The molecule has 0 aliphatic heterocycles. The molecule has 0 saturated carbocycles. The summed E-state index contributed by atoms with van der Waals surface area (Å²) in [6, 6.07) is 15.6. The van der Waals surface area contributed by atoms with Crippen LogP contribution in [0, 0.1) is 6.92 Å². The van der Waals surface area contributed by atoms with Crippen LogP contribution in [-0.4, -0.2) is 30.4 Å². The van der Waals surface area contributed by atoms with Gasteiger partial charge in [0.15, 0.2) is 9.84 Å². The molecule has 29 heavy (non-hydrogen) atoms. The smallest absolute Gasteiger partial charge is 0.256 e. The van der Waals surface area contributed by atoms with Crippen molar-refractivity contribution in [3.8, 4) is 5.69 Å². The second kappa shape index (κ2) is 7.48. The van der Waals surface area contributed by atoms with Crippen LogP contribution in [-0.2, 0) is 15.3 Å². The summed E-state index contributed by atoms with van der Waals surface area (Å²) in [4.78, 5) is 13.0. The lowest BCUT2D eigenvalue weighted by molar-refractivity contribution is 0.102. The van der Waals surface area contributed by atoms with E-state index in [4.69, 9.17) is 5.10 Å². The van der Waals surface area contributed by atoms with Gasteiger partial charge in [-0.25, -0.2) is 13.1 Å². The Morgan fingerprint density at radius 1 is 1.03 bits per heavy atom. The van der Waals surface area contributed by atoms with Gasteiger partial charge in [0.2, 0.25) is 0 Å². The maximum atomic E-state index is 12.8. The van der Waals surface area contributed by atoms with Gasteiger partial charge in [0, 0.05) is 23.3 Å². The molecule has 3 rings (SSSR count). The summed E-state index contributed by atoms with van der Waals surface area (Å²) in [7, 11) is -3.31. The lowest BCUT2D eigenvalue weighted by Gasteiger charge is -2.14. The summed E-state index contributed by atoms with van der Waals surface area (Å²) < 4.78 is 25.0. The fourth-order valence-corrected chi connectivity index (χ4v) is 3.47. The number of carbonyl (C=O) groups excluding carboxylic acids is 1. The summed E-state index contributed by atoms with van der Waals surface area (Å²) in [5.74, 6) is 0.219. The van der Waals surface area contributed by atoms with Crippen molar-refractivity contribution >= 4 is 21.6 Å². The molecule has 0 radical (unpaired) electrons. The maximum Gasteiger partial charge on any atom is 0.256 e. The molecule has 3 aromatic rings. The molecule has 2 aromatic carbocycles. The number of hydrogen-bond acceptors (Lipinski definition) is 4. The van der Waals surface area contributed by atoms with Crippen LogP contribution < -0.4 is 5.32 Å². The number of anilines is 1. The maximum absolute atomic E-state index is 12.8. The average Bonchev–Trinajstić information content (AvgIpc) is 3.05. The number of aryl methyl sites for hydroxylation is 1. The summed E-state index contributed by atoms with van der Waals surface area (Å²) in [6.07, 6.45) is 1.14. The Labute approximate surface area is 171 Å². The van der Waals surface area contributed by atoms with Gasteiger partial charge in [0.1, 0.15) is 5.82 Å². The van der Waals surface area contributed by atoms with Gasteiger partial charge in [0.05, 0.1) is 16.3 Å². The van der Waals surface area contributed by atoms with Crippen molar-refractivity contribution in [3.05, 3.63) is 71.4 Å². The zero-order valence-corrected chi connectivity index (χ0v) is 18.0. The van der Waals surface area contributed by atoms with Crippen molar-refractivity contribution in [2.24, 2.45) is 0 Å². The largest absolute Gasteiger partial charge is 0.306 e. The van der Waals surface area contributed by atoms with Crippen LogP contribution in [0.5, 0.6) is 0 Å². The van der Waals surface area contributed by atoms with E-state index in [1.54, 1.807) is 4.68 Å². The number of rotatable bonds is 4. The first kappa shape index (κ1) is 20.8. The SMILES string of the molecule is Cc1cccc(-n2nc(C(C)(C)C)cc2NC(=O)c2ccc(S(C)(=O)=O)cc2)c1. The van der Waals surface area contributed by atoms with Crippen LogP contribution in [0.2, 0.25) is 0 Å². The highest BCUT2D eigenvalue weighted by atomic mass is 32.2. The number of nitrogens with zero attached hydrogens (tertiary/aromatic N) is 2. The lowest BCUT2D eigenvalue weighted by atomic mass is 9.92. The van der Waals surface area contributed by atoms with Gasteiger partial charge in [-0.1, -0.05) is 32.9 Å². The standard InChI is InChI=1S/C22H25N3O3S/c1-15-7-6-8-17(13-15)25-20(14-19(24-25)22(2,3)4)23-21(26)16-9-11-18(12-10-16)29(5,27)28/h6-14H,1-5H3,(H,23,26). The van der Waals surface area contributed by atoms with Crippen molar-refractivity contribution in [2.45, 2.75) is 38.0 Å². The third-order valence-corrected chi connectivity index (χ3v) is 5.64. The Bertz CT molecular complexity index is 1150. The van der Waals surface area contributed by atoms with Crippen LogP contribution in [0.15, 0.2) is 59.5 Å². The number of nitrogens with one attached hydrogen (secondary N) is 1. The predicted molar refractivity (Wildman–Crippen MR) is 115 cm³/mol. The minimum atomic E-state index is -3.31. The fourth-order valence-electron chi connectivity index (χ4n) is 2.84. The van der Waals surface area contributed by atoms with E-state index in [0.717, 1.165) is 23.2 Å². The molecular formula is C22H25N3O3S. The van der Waals surface area contributed by atoms with E-state index in [9.17, 15) is 13.2 Å². The minimum absolute atomic E-state index is 0.175. The molecule has 7 heteroatoms. The number of benzene rings is 2. The zero-order valence-electron chi connectivity index (χ0n) is 17.2.